The number of carbonyl (C=O) groups is 1. The average molecular weight is 235 g/mol. The van der Waals surface area contributed by atoms with E-state index in [9.17, 15) is 4.79 Å². The Kier molecular flexibility index (Phi) is 3.36. The van der Waals surface area contributed by atoms with E-state index in [1.54, 1.807) is 28.3 Å². The van der Waals surface area contributed by atoms with E-state index in [-0.39, 0.29) is 5.91 Å². The number of rotatable bonds is 4. The molecule has 0 atom stereocenters. The molecule has 0 radical (unpaired) electrons. The fourth-order valence-corrected chi connectivity index (χ4v) is 2.09. The Morgan fingerprint density at radius 3 is 3.06 bits per heavy atom. The maximum absolute atomic E-state index is 11.6. The van der Waals surface area contributed by atoms with Crippen LogP contribution in [0.4, 0.5) is 5.82 Å². The first-order valence-corrected chi connectivity index (χ1v) is 5.94. The fraction of sp³-hybridized carbons (Fsp3) is 0.273. The summed E-state index contributed by atoms with van der Waals surface area (Å²) in [6.45, 7) is 0. The van der Waals surface area contributed by atoms with E-state index in [4.69, 9.17) is 0 Å². The topological polar surface area (TPSA) is 46.9 Å². The fourth-order valence-electron chi connectivity index (χ4n) is 1.38. The third kappa shape index (κ3) is 2.93. The summed E-state index contributed by atoms with van der Waals surface area (Å²) in [4.78, 5) is 12.8. The van der Waals surface area contributed by atoms with Gasteiger partial charge in [-0.25, -0.2) is 0 Å². The highest BCUT2D eigenvalue weighted by atomic mass is 32.1. The third-order valence-corrected chi connectivity index (χ3v) is 3.10. The molecule has 1 N–H and O–H groups in total. The predicted octanol–water partition coefficient (Wildman–Crippen LogP) is 2.05. The number of hydrogen-bond acceptors (Lipinski definition) is 3. The summed E-state index contributed by atoms with van der Waals surface area (Å²) < 4.78 is 1.66. The normalized spacial score (nSPS) is 10.3. The summed E-state index contributed by atoms with van der Waals surface area (Å²) in [5.41, 5.74) is 0. The van der Waals surface area contributed by atoms with E-state index in [0.29, 0.717) is 12.2 Å². The smallest absolute Gasteiger partial charge is 0.225 e. The summed E-state index contributed by atoms with van der Waals surface area (Å²) in [5.74, 6) is 0.616. The van der Waals surface area contributed by atoms with Crippen molar-refractivity contribution in [3.63, 3.8) is 0 Å². The molecule has 0 unspecified atom stereocenters. The number of nitrogens with zero attached hydrogens (tertiary/aromatic N) is 2. The van der Waals surface area contributed by atoms with Gasteiger partial charge in [-0.15, -0.1) is 11.3 Å². The molecule has 0 aliphatic heterocycles. The molecule has 84 valence electrons. The second-order valence-corrected chi connectivity index (χ2v) is 4.53. The molecule has 2 rings (SSSR count). The van der Waals surface area contributed by atoms with E-state index in [1.165, 1.54) is 4.88 Å². The van der Waals surface area contributed by atoms with E-state index in [1.807, 2.05) is 24.6 Å². The van der Waals surface area contributed by atoms with Crippen molar-refractivity contribution < 1.29 is 4.79 Å². The van der Waals surface area contributed by atoms with Crippen LogP contribution in [-0.4, -0.2) is 15.7 Å². The van der Waals surface area contributed by atoms with Crippen molar-refractivity contribution in [2.45, 2.75) is 12.8 Å². The van der Waals surface area contributed by atoms with E-state index >= 15 is 0 Å². The van der Waals surface area contributed by atoms with Crippen LogP contribution in [0.15, 0.2) is 29.8 Å². The van der Waals surface area contributed by atoms with Gasteiger partial charge < -0.3 is 5.32 Å². The molecule has 0 fully saturated rings. The van der Waals surface area contributed by atoms with Crippen LogP contribution >= 0.6 is 11.3 Å². The number of carbonyl (C=O) groups excluding carboxylic acids is 1. The van der Waals surface area contributed by atoms with Gasteiger partial charge in [-0.1, -0.05) is 6.07 Å². The minimum absolute atomic E-state index is 0.00657. The van der Waals surface area contributed by atoms with Gasteiger partial charge in [-0.05, 0) is 17.9 Å². The number of thiophene rings is 1. The molecular formula is C11H13N3OS. The quantitative estimate of drug-likeness (QED) is 0.881. The molecule has 5 heteroatoms. The second-order valence-electron chi connectivity index (χ2n) is 3.50. The van der Waals surface area contributed by atoms with Gasteiger partial charge in [0.05, 0.1) is 0 Å². The van der Waals surface area contributed by atoms with E-state index in [2.05, 4.69) is 10.4 Å². The van der Waals surface area contributed by atoms with E-state index < -0.39 is 0 Å². The monoisotopic (exact) mass is 235 g/mol. The molecule has 0 spiro atoms. The summed E-state index contributed by atoms with van der Waals surface area (Å²) in [5, 5.41) is 8.86. The molecule has 0 aliphatic carbocycles. The summed E-state index contributed by atoms with van der Waals surface area (Å²) in [7, 11) is 1.82. The van der Waals surface area contributed by atoms with Crippen molar-refractivity contribution in [1.29, 1.82) is 0 Å². The highest BCUT2D eigenvalue weighted by Crippen LogP contribution is 2.11. The lowest BCUT2D eigenvalue weighted by molar-refractivity contribution is -0.116. The van der Waals surface area contributed by atoms with Gasteiger partial charge in [0.2, 0.25) is 5.91 Å². The van der Waals surface area contributed by atoms with Crippen LogP contribution in [0.1, 0.15) is 11.3 Å². The number of aryl methyl sites for hydroxylation is 2. The first-order chi connectivity index (χ1) is 7.74. The zero-order valence-corrected chi connectivity index (χ0v) is 9.83. The molecule has 0 bridgehead atoms. The Morgan fingerprint density at radius 1 is 1.56 bits per heavy atom. The summed E-state index contributed by atoms with van der Waals surface area (Å²) >= 11 is 1.68. The molecule has 16 heavy (non-hydrogen) atoms. The molecule has 0 saturated carbocycles. The second kappa shape index (κ2) is 4.94. The molecule has 2 aromatic heterocycles. The Bertz CT molecular complexity index is 461. The molecule has 0 aliphatic rings. The van der Waals surface area contributed by atoms with Crippen LogP contribution in [-0.2, 0) is 18.3 Å². The van der Waals surface area contributed by atoms with Crippen molar-refractivity contribution in [2.24, 2.45) is 7.05 Å². The van der Waals surface area contributed by atoms with Crippen molar-refractivity contribution in [1.82, 2.24) is 9.78 Å². The number of nitrogens with one attached hydrogen (secondary N) is 1. The molecule has 2 heterocycles. The predicted molar refractivity (Wildman–Crippen MR) is 64.5 cm³/mol. The lowest BCUT2D eigenvalue weighted by atomic mass is 10.2. The Labute approximate surface area is 97.9 Å². The van der Waals surface area contributed by atoms with Crippen LogP contribution in [0.25, 0.3) is 0 Å². The van der Waals surface area contributed by atoms with Crippen molar-refractivity contribution in [2.75, 3.05) is 5.32 Å². The number of anilines is 1. The standard InChI is InChI=1S/C11H13N3OS/c1-14-7-6-10(13-14)12-11(15)5-4-9-3-2-8-16-9/h2-3,6-8H,4-5H2,1H3,(H,12,13,15). The lowest BCUT2D eigenvalue weighted by Crippen LogP contribution is -2.12. The molecule has 0 saturated heterocycles. The highest BCUT2D eigenvalue weighted by Gasteiger charge is 2.05. The van der Waals surface area contributed by atoms with Gasteiger partial charge in [0.1, 0.15) is 0 Å². The summed E-state index contributed by atoms with van der Waals surface area (Å²) in [6, 6.07) is 5.82. The number of amides is 1. The largest absolute Gasteiger partial charge is 0.309 e. The highest BCUT2D eigenvalue weighted by molar-refractivity contribution is 7.09. The first kappa shape index (κ1) is 10.9. The van der Waals surface area contributed by atoms with Crippen molar-refractivity contribution in [3.8, 4) is 0 Å². The van der Waals surface area contributed by atoms with Crippen LogP contribution in [0.3, 0.4) is 0 Å². The van der Waals surface area contributed by atoms with E-state index in [0.717, 1.165) is 6.42 Å². The number of aromatic nitrogens is 2. The average Bonchev–Trinajstić information content (AvgIpc) is 2.87. The lowest BCUT2D eigenvalue weighted by Gasteiger charge is -2.00. The molecule has 0 aromatic carbocycles. The SMILES string of the molecule is Cn1ccc(NC(=O)CCc2cccs2)n1. The molecule has 2 aromatic rings. The van der Waals surface area contributed by atoms with Gasteiger partial charge in [0, 0.05) is 30.6 Å². The zero-order chi connectivity index (χ0) is 11.4. The van der Waals surface area contributed by atoms with Gasteiger partial charge in [0.15, 0.2) is 5.82 Å². The Balaban J connectivity index is 1.81. The van der Waals surface area contributed by atoms with Crippen LogP contribution < -0.4 is 5.32 Å². The maximum Gasteiger partial charge on any atom is 0.225 e. The summed E-state index contributed by atoms with van der Waals surface area (Å²) in [6.07, 6.45) is 3.09. The van der Waals surface area contributed by atoms with Crippen molar-refractivity contribution in [3.05, 3.63) is 34.7 Å². The van der Waals surface area contributed by atoms with Crippen LogP contribution in [0.2, 0.25) is 0 Å². The maximum atomic E-state index is 11.6. The number of hydrogen-bond donors (Lipinski definition) is 1. The Hall–Kier alpha value is -1.62. The van der Waals surface area contributed by atoms with Gasteiger partial charge in [-0.3, -0.25) is 9.48 Å². The van der Waals surface area contributed by atoms with Gasteiger partial charge in [0.25, 0.3) is 0 Å². The van der Waals surface area contributed by atoms with Gasteiger partial charge in [-0.2, -0.15) is 5.10 Å². The third-order valence-electron chi connectivity index (χ3n) is 2.16. The Morgan fingerprint density at radius 2 is 2.44 bits per heavy atom. The van der Waals surface area contributed by atoms with Crippen LogP contribution in [0, 0.1) is 0 Å². The first-order valence-electron chi connectivity index (χ1n) is 5.06. The van der Waals surface area contributed by atoms with Gasteiger partial charge >= 0.3 is 0 Å². The van der Waals surface area contributed by atoms with Crippen molar-refractivity contribution >= 4 is 23.1 Å². The zero-order valence-electron chi connectivity index (χ0n) is 9.01. The minimum atomic E-state index is 0.00657. The minimum Gasteiger partial charge on any atom is -0.309 e. The van der Waals surface area contributed by atoms with Crippen LogP contribution in [0.5, 0.6) is 0 Å². The molecular weight excluding hydrogens is 222 g/mol. The molecule has 4 nitrogen and oxygen atoms in total. The molecule has 1 amide bonds.